The van der Waals surface area contributed by atoms with Gasteiger partial charge in [-0.05, 0) is 67.9 Å². The number of anilines is 2. The van der Waals surface area contributed by atoms with Crippen molar-refractivity contribution < 1.29 is 26.7 Å². The molecule has 0 bridgehead atoms. The lowest BCUT2D eigenvalue weighted by Crippen LogP contribution is -2.12. The zero-order valence-corrected chi connectivity index (χ0v) is 22.8. The Labute approximate surface area is 227 Å². The largest absolute Gasteiger partial charge is 0.484 e. The van der Waals surface area contributed by atoms with Crippen molar-refractivity contribution in [1.29, 1.82) is 0 Å². The second-order valence-corrected chi connectivity index (χ2v) is 11.9. The van der Waals surface area contributed by atoms with Crippen LogP contribution in [0.5, 0.6) is 5.75 Å². The molecule has 4 rings (SSSR count). The number of carbonyl (C=O) groups excluding carboxylic acids is 1. The van der Waals surface area contributed by atoms with Crippen molar-refractivity contribution in [1.82, 2.24) is 4.98 Å². The summed E-state index contributed by atoms with van der Waals surface area (Å²) in [5.74, 6) is -1.46. The lowest BCUT2D eigenvalue weighted by molar-refractivity contribution is 0.103. The molecule has 0 radical (unpaired) electrons. The minimum absolute atomic E-state index is 0.209. The van der Waals surface area contributed by atoms with Gasteiger partial charge in [0.25, 0.3) is 5.91 Å². The number of nitrogens with zero attached hydrogens (tertiary/aromatic N) is 1. The monoisotopic (exact) mass is 577 g/mol. The van der Waals surface area contributed by atoms with Crippen molar-refractivity contribution in [2.24, 2.45) is 0 Å². The average Bonchev–Trinajstić information content (AvgIpc) is 3.19. The highest BCUT2D eigenvalue weighted by atomic mass is 35.5. The van der Waals surface area contributed by atoms with Crippen molar-refractivity contribution in [3.8, 4) is 17.0 Å². The zero-order chi connectivity index (χ0) is 27.6. The number of aryl methyl sites for hydroxylation is 1. The van der Waals surface area contributed by atoms with Gasteiger partial charge in [0.15, 0.2) is 0 Å². The van der Waals surface area contributed by atoms with Gasteiger partial charge in [0, 0.05) is 33.4 Å². The molecule has 0 aliphatic heterocycles. The van der Waals surface area contributed by atoms with Crippen LogP contribution in [0.25, 0.3) is 11.3 Å². The van der Waals surface area contributed by atoms with E-state index in [2.05, 4.69) is 15.0 Å². The maximum absolute atomic E-state index is 13.7. The summed E-state index contributed by atoms with van der Waals surface area (Å²) in [5.41, 5.74) is 1.95. The van der Waals surface area contributed by atoms with Gasteiger partial charge >= 0.3 is 0 Å². The summed E-state index contributed by atoms with van der Waals surface area (Å²) in [6, 6.07) is 12.6. The Morgan fingerprint density at radius 2 is 1.76 bits per heavy atom. The number of hydrogen-bond acceptors (Lipinski definition) is 6. The number of amides is 1. The number of pyridine rings is 1. The van der Waals surface area contributed by atoms with E-state index in [1.54, 1.807) is 31.3 Å². The Morgan fingerprint density at radius 3 is 2.45 bits per heavy atom. The van der Waals surface area contributed by atoms with Gasteiger partial charge in [0.1, 0.15) is 29.2 Å². The van der Waals surface area contributed by atoms with Crippen LogP contribution in [0.1, 0.15) is 33.1 Å². The number of halogens is 3. The number of nitrogens with one attached hydrogen (secondary N) is 2. The SMILES string of the molecule is Cc1sc(C(=O)Nc2cc(Cl)cc(NS(C)(=O)=O)c2)cc1-c1ncccc1O[C@@H](C)c1cc(F)cc(F)c1. The Hall–Kier alpha value is -3.54. The molecule has 2 aromatic carbocycles. The maximum Gasteiger partial charge on any atom is 0.265 e. The first-order valence-corrected chi connectivity index (χ1v) is 14.2. The van der Waals surface area contributed by atoms with Crippen LogP contribution in [-0.2, 0) is 10.0 Å². The smallest absolute Gasteiger partial charge is 0.265 e. The number of carbonyl (C=O) groups is 1. The van der Waals surface area contributed by atoms with Gasteiger partial charge < -0.3 is 10.1 Å². The predicted octanol–water partition coefficient (Wildman–Crippen LogP) is 6.81. The molecular formula is C26H22ClF2N3O4S2. The summed E-state index contributed by atoms with van der Waals surface area (Å²) in [6.07, 6.45) is 1.91. The minimum atomic E-state index is -3.53. The molecule has 2 aromatic heterocycles. The Kier molecular flexibility index (Phi) is 8.00. The number of ether oxygens (including phenoxy) is 1. The fraction of sp³-hybridized carbons (Fsp3) is 0.154. The highest BCUT2D eigenvalue weighted by Gasteiger charge is 2.20. The predicted molar refractivity (Wildman–Crippen MR) is 146 cm³/mol. The van der Waals surface area contributed by atoms with Crippen molar-refractivity contribution in [3.05, 3.63) is 92.8 Å². The molecule has 38 heavy (non-hydrogen) atoms. The maximum atomic E-state index is 13.7. The normalized spacial score (nSPS) is 12.2. The number of aromatic nitrogens is 1. The molecule has 1 atom stereocenters. The zero-order valence-electron chi connectivity index (χ0n) is 20.4. The van der Waals surface area contributed by atoms with Crippen LogP contribution < -0.4 is 14.8 Å². The Morgan fingerprint density at radius 1 is 1.08 bits per heavy atom. The van der Waals surface area contributed by atoms with E-state index in [-0.39, 0.29) is 10.7 Å². The molecule has 0 spiro atoms. The van der Waals surface area contributed by atoms with Crippen LogP contribution in [0, 0.1) is 18.6 Å². The minimum Gasteiger partial charge on any atom is -0.484 e. The van der Waals surface area contributed by atoms with E-state index < -0.39 is 33.7 Å². The van der Waals surface area contributed by atoms with E-state index in [1.807, 2.05) is 6.92 Å². The number of benzene rings is 2. The molecule has 0 unspecified atom stereocenters. The molecule has 12 heteroatoms. The summed E-state index contributed by atoms with van der Waals surface area (Å²) in [5, 5.41) is 2.96. The van der Waals surface area contributed by atoms with Gasteiger partial charge in [-0.15, -0.1) is 11.3 Å². The van der Waals surface area contributed by atoms with Crippen molar-refractivity contribution >= 4 is 50.2 Å². The second kappa shape index (κ2) is 11.1. The first kappa shape index (κ1) is 27.5. The van der Waals surface area contributed by atoms with Gasteiger partial charge in [0.2, 0.25) is 10.0 Å². The molecule has 0 fully saturated rings. The molecule has 0 aliphatic carbocycles. The van der Waals surface area contributed by atoms with Crippen molar-refractivity contribution in [3.63, 3.8) is 0 Å². The van der Waals surface area contributed by atoms with Crippen LogP contribution in [0.4, 0.5) is 20.2 Å². The van der Waals surface area contributed by atoms with Crippen LogP contribution >= 0.6 is 22.9 Å². The van der Waals surface area contributed by atoms with Gasteiger partial charge in [-0.2, -0.15) is 0 Å². The molecule has 2 heterocycles. The topological polar surface area (TPSA) is 97.4 Å². The van der Waals surface area contributed by atoms with E-state index in [1.165, 1.54) is 41.7 Å². The van der Waals surface area contributed by atoms with Crippen molar-refractivity contribution in [2.45, 2.75) is 20.0 Å². The summed E-state index contributed by atoms with van der Waals surface area (Å²) in [6.45, 7) is 3.50. The summed E-state index contributed by atoms with van der Waals surface area (Å²) < 4.78 is 58.8. The van der Waals surface area contributed by atoms with Gasteiger partial charge in [-0.25, -0.2) is 17.2 Å². The Balaban J connectivity index is 1.58. The average molecular weight is 578 g/mol. The van der Waals surface area contributed by atoms with Gasteiger partial charge in [-0.3, -0.25) is 14.5 Å². The standard InChI is InChI=1S/C26H22ClF2N3O4S2/c1-14(16-7-18(28)11-19(29)8-16)36-23-5-4-6-30-25(23)22-13-24(37-15(22)2)26(33)31-20-9-17(27)10-21(12-20)32-38(3,34)35/h4-14,32H,1-3H3,(H,31,33)/t14-/m0/s1. The van der Waals surface area contributed by atoms with Crippen LogP contribution in [0.3, 0.4) is 0 Å². The molecule has 0 aliphatic rings. The van der Waals surface area contributed by atoms with E-state index in [9.17, 15) is 22.0 Å². The second-order valence-electron chi connectivity index (χ2n) is 8.45. The van der Waals surface area contributed by atoms with Crippen molar-refractivity contribution in [2.75, 3.05) is 16.3 Å². The molecular weight excluding hydrogens is 556 g/mol. The van der Waals surface area contributed by atoms with E-state index in [0.717, 1.165) is 17.2 Å². The lowest BCUT2D eigenvalue weighted by atomic mass is 10.1. The number of sulfonamides is 1. The highest BCUT2D eigenvalue weighted by molar-refractivity contribution is 7.92. The lowest BCUT2D eigenvalue weighted by Gasteiger charge is -2.17. The summed E-state index contributed by atoms with van der Waals surface area (Å²) in [7, 11) is -3.53. The van der Waals surface area contributed by atoms with E-state index in [0.29, 0.717) is 33.1 Å². The Bertz CT molecular complexity index is 1610. The van der Waals surface area contributed by atoms with Crippen LogP contribution in [0.2, 0.25) is 5.02 Å². The molecule has 0 saturated heterocycles. The first-order chi connectivity index (χ1) is 17.9. The van der Waals surface area contributed by atoms with Gasteiger partial charge in [0.05, 0.1) is 16.8 Å². The van der Waals surface area contributed by atoms with Gasteiger partial charge in [-0.1, -0.05) is 11.6 Å². The quantitative estimate of drug-likeness (QED) is 0.240. The van der Waals surface area contributed by atoms with E-state index >= 15 is 0 Å². The molecule has 4 aromatic rings. The van der Waals surface area contributed by atoms with E-state index in [4.69, 9.17) is 16.3 Å². The highest BCUT2D eigenvalue weighted by Crippen LogP contribution is 2.37. The third-order valence-electron chi connectivity index (χ3n) is 5.28. The van der Waals surface area contributed by atoms with Crippen LogP contribution in [-0.4, -0.2) is 25.6 Å². The third-order valence-corrected chi connectivity index (χ3v) is 7.16. The van der Waals surface area contributed by atoms with Crippen LogP contribution in [0.15, 0.2) is 60.8 Å². The summed E-state index contributed by atoms with van der Waals surface area (Å²) >= 11 is 7.32. The molecule has 198 valence electrons. The first-order valence-electron chi connectivity index (χ1n) is 11.2. The fourth-order valence-corrected chi connectivity index (χ4v) is 5.41. The molecule has 7 nitrogen and oxygen atoms in total. The number of thiophene rings is 1. The molecule has 2 N–H and O–H groups in total. The molecule has 1 amide bonds. The fourth-order valence-electron chi connectivity index (χ4n) is 3.71. The molecule has 0 saturated carbocycles. The number of hydrogen-bond donors (Lipinski definition) is 2. The third kappa shape index (κ3) is 6.85. The summed E-state index contributed by atoms with van der Waals surface area (Å²) in [4.78, 5) is 18.6. The number of rotatable bonds is 8.